The molecule has 1 aromatic rings. The number of nitrogens with zero attached hydrogens (tertiary/aromatic N) is 1. The van der Waals surface area contributed by atoms with Crippen molar-refractivity contribution in [1.82, 2.24) is 15.6 Å². The Bertz CT molecular complexity index is 297. The van der Waals surface area contributed by atoms with E-state index in [2.05, 4.69) is 28.3 Å². The molecule has 0 atom stereocenters. The van der Waals surface area contributed by atoms with Crippen LogP contribution in [0.2, 0.25) is 0 Å². The van der Waals surface area contributed by atoms with Gasteiger partial charge < -0.3 is 10.6 Å². The number of nitrogens with one attached hydrogen (secondary N) is 2. The summed E-state index contributed by atoms with van der Waals surface area (Å²) in [6.07, 6.45) is 4.80. The predicted octanol–water partition coefficient (Wildman–Crippen LogP) is 1.42. The normalized spacial score (nSPS) is 10.2. The lowest BCUT2D eigenvalue weighted by molar-refractivity contribution is 0.619. The van der Waals surface area contributed by atoms with Crippen LogP contribution in [-0.4, -0.2) is 25.1 Å². The van der Waals surface area contributed by atoms with E-state index in [1.807, 2.05) is 25.4 Å². The summed E-state index contributed by atoms with van der Waals surface area (Å²) in [5.41, 5.74) is 2.19. The van der Waals surface area contributed by atoms with Crippen LogP contribution in [0.1, 0.15) is 17.7 Å². The summed E-state index contributed by atoms with van der Waals surface area (Å²) in [6.45, 7) is 6.62. The molecule has 1 heterocycles. The van der Waals surface area contributed by atoms with Gasteiger partial charge in [0.25, 0.3) is 0 Å². The molecule has 3 nitrogen and oxygen atoms in total. The summed E-state index contributed by atoms with van der Waals surface area (Å²) in [5, 5.41) is 6.47. The SMILES string of the molecule is C=Cc1ccnc(CNCCCNC)c1. The Balaban J connectivity index is 2.27. The topological polar surface area (TPSA) is 37.0 Å². The van der Waals surface area contributed by atoms with Crippen LogP contribution in [0, 0.1) is 0 Å². The van der Waals surface area contributed by atoms with Crippen LogP contribution in [-0.2, 0) is 6.54 Å². The summed E-state index contributed by atoms with van der Waals surface area (Å²) in [4.78, 5) is 4.28. The fraction of sp³-hybridized carbons (Fsp3) is 0.417. The number of rotatable bonds is 7. The lowest BCUT2D eigenvalue weighted by atomic mass is 10.2. The zero-order valence-electron chi connectivity index (χ0n) is 9.29. The van der Waals surface area contributed by atoms with E-state index >= 15 is 0 Å². The second kappa shape index (κ2) is 7.15. The third kappa shape index (κ3) is 4.72. The van der Waals surface area contributed by atoms with Crippen molar-refractivity contribution >= 4 is 6.08 Å². The van der Waals surface area contributed by atoms with Gasteiger partial charge in [-0.25, -0.2) is 0 Å². The van der Waals surface area contributed by atoms with Crippen molar-refractivity contribution in [2.24, 2.45) is 0 Å². The van der Waals surface area contributed by atoms with Crippen molar-refractivity contribution in [1.29, 1.82) is 0 Å². The van der Waals surface area contributed by atoms with Crippen LogP contribution < -0.4 is 10.6 Å². The van der Waals surface area contributed by atoms with Gasteiger partial charge in [0.05, 0.1) is 5.69 Å². The maximum atomic E-state index is 4.28. The second-order valence-electron chi connectivity index (χ2n) is 3.42. The summed E-state index contributed by atoms with van der Waals surface area (Å²) < 4.78 is 0. The third-order valence-electron chi connectivity index (χ3n) is 2.16. The number of hydrogen-bond acceptors (Lipinski definition) is 3. The molecule has 0 unspecified atom stereocenters. The molecule has 0 aliphatic rings. The average Bonchev–Trinajstić information content (AvgIpc) is 2.29. The predicted molar refractivity (Wildman–Crippen MR) is 64.6 cm³/mol. The first kappa shape index (κ1) is 11.9. The van der Waals surface area contributed by atoms with Crippen molar-refractivity contribution in [2.75, 3.05) is 20.1 Å². The highest BCUT2D eigenvalue weighted by molar-refractivity contribution is 5.46. The molecule has 0 spiro atoms. The van der Waals surface area contributed by atoms with E-state index in [0.29, 0.717) is 0 Å². The van der Waals surface area contributed by atoms with Gasteiger partial charge in [-0.3, -0.25) is 4.98 Å². The smallest absolute Gasteiger partial charge is 0.0547 e. The van der Waals surface area contributed by atoms with E-state index in [9.17, 15) is 0 Å². The molecule has 3 heteroatoms. The average molecular weight is 205 g/mol. The third-order valence-corrected chi connectivity index (χ3v) is 2.16. The quantitative estimate of drug-likeness (QED) is 0.661. The Kier molecular flexibility index (Phi) is 5.66. The number of aromatic nitrogens is 1. The highest BCUT2D eigenvalue weighted by Gasteiger charge is 1.94. The monoisotopic (exact) mass is 205 g/mol. The molecule has 1 rings (SSSR count). The first-order valence-corrected chi connectivity index (χ1v) is 5.29. The lowest BCUT2D eigenvalue weighted by Crippen LogP contribution is -2.19. The van der Waals surface area contributed by atoms with Crippen LogP contribution in [0.15, 0.2) is 24.9 Å². The van der Waals surface area contributed by atoms with Crippen molar-refractivity contribution < 1.29 is 0 Å². The van der Waals surface area contributed by atoms with Gasteiger partial charge in [0.15, 0.2) is 0 Å². The Morgan fingerprint density at radius 3 is 3.07 bits per heavy atom. The molecule has 0 fully saturated rings. The molecular formula is C12H19N3. The summed E-state index contributed by atoms with van der Waals surface area (Å²) in [5.74, 6) is 0. The zero-order chi connectivity index (χ0) is 10.9. The Hall–Kier alpha value is -1.19. The van der Waals surface area contributed by atoms with Crippen LogP contribution in [0.25, 0.3) is 6.08 Å². The number of hydrogen-bond donors (Lipinski definition) is 2. The van der Waals surface area contributed by atoms with E-state index in [-0.39, 0.29) is 0 Å². The van der Waals surface area contributed by atoms with Gasteiger partial charge in [-0.1, -0.05) is 12.7 Å². The molecule has 0 radical (unpaired) electrons. The van der Waals surface area contributed by atoms with Gasteiger partial charge in [0, 0.05) is 12.7 Å². The van der Waals surface area contributed by atoms with Crippen LogP contribution in [0.3, 0.4) is 0 Å². The number of pyridine rings is 1. The van der Waals surface area contributed by atoms with Gasteiger partial charge in [-0.2, -0.15) is 0 Å². The molecule has 1 aromatic heterocycles. The molecule has 0 bridgehead atoms. The van der Waals surface area contributed by atoms with Crippen molar-refractivity contribution in [3.63, 3.8) is 0 Å². The van der Waals surface area contributed by atoms with Crippen molar-refractivity contribution in [2.45, 2.75) is 13.0 Å². The van der Waals surface area contributed by atoms with E-state index in [4.69, 9.17) is 0 Å². The van der Waals surface area contributed by atoms with Crippen LogP contribution >= 0.6 is 0 Å². The molecule has 15 heavy (non-hydrogen) atoms. The molecule has 0 amide bonds. The highest BCUT2D eigenvalue weighted by atomic mass is 14.9. The lowest BCUT2D eigenvalue weighted by Gasteiger charge is -2.04. The summed E-state index contributed by atoms with van der Waals surface area (Å²) in [7, 11) is 1.97. The van der Waals surface area contributed by atoms with Gasteiger partial charge in [-0.05, 0) is 44.3 Å². The van der Waals surface area contributed by atoms with Gasteiger partial charge in [0.2, 0.25) is 0 Å². The fourth-order valence-electron chi connectivity index (χ4n) is 1.33. The highest BCUT2D eigenvalue weighted by Crippen LogP contribution is 2.02. The molecule has 0 saturated carbocycles. The van der Waals surface area contributed by atoms with Gasteiger partial charge in [-0.15, -0.1) is 0 Å². The van der Waals surface area contributed by atoms with Crippen molar-refractivity contribution in [3.8, 4) is 0 Å². The van der Waals surface area contributed by atoms with E-state index in [0.717, 1.165) is 37.3 Å². The molecular weight excluding hydrogens is 186 g/mol. The largest absolute Gasteiger partial charge is 0.320 e. The molecule has 0 aliphatic carbocycles. The molecule has 0 saturated heterocycles. The Morgan fingerprint density at radius 1 is 1.47 bits per heavy atom. The molecule has 0 aromatic carbocycles. The first-order chi connectivity index (χ1) is 7.36. The zero-order valence-corrected chi connectivity index (χ0v) is 9.29. The standard InChI is InChI=1S/C12H19N3/c1-3-11-5-8-15-12(9-11)10-14-7-4-6-13-2/h3,5,8-9,13-14H,1,4,6-7,10H2,2H3. The minimum atomic E-state index is 0.825. The summed E-state index contributed by atoms with van der Waals surface area (Å²) in [6, 6.07) is 4.01. The van der Waals surface area contributed by atoms with E-state index < -0.39 is 0 Å². The minimum Gasteiger partial charge on any atom is -0.320 e. The Morgan fingerprint density at radius 2 is 2.33 bits per heavy atom. The van der Waals surface area contributed by atoms with Crippen molar-refractivity contribution in [3.05, 3.63) is 36.2 Å². The first-order valence-electron chi connectivity index (χ1n) is 5.29. The maximum Gasteiger partial charge on any atom is 0.0547 e. The maximum absolute atomic E-state index is 4.28. The minimum absolute atomic E-state index is 0.825. The van der Waals surface area contributed by atoms with Crippen LogP contribution in [0.4, 0.5) is 0 Å². The summed E-state index contributed by atoms with van der Waals surface area (Å²) >= 11 is 0. The van der Waals surface area contributed by atoms with E-state index in [1.54, 1.807) is 0 Å². The molecule has 82 valence electrons. The van der Waals surface area contributed by atoms with Gasteiger partial charge >= 0.3 is 0 Å². The molecule has 0 aliphatic heterocycles. The second-order valence-corrected chi connectivity index (χ2v) is 3.42. The van der Waals surface area contributed by atoms with Gasteiger partial charge in [0.1, 0.15) is 0 Å². The molecule has 2 N–H and O–H groups in total. The Labute approximate surface area is 91.6 Å². The van der Waals surface area contributed by atoms with E-state index in [1.165, 1.54) is 0 Å². The fourth-order valence-corrected chi connectivity index (χ4v) is 1.33. The van der Waals surface area contributed by atoms with Crippen LogP contribution in [0.5, 0.6) is 0 Å².